The summed E-state index contributed by atoms with van der Waals surface area (Å²) in [6, 6.07) is 8.87. The number of ether oxygens (including phenoxy) is 1. The molecule has 0 aliphatic heterocycles. The van der Waals surface area contributed by atoms with Crippen LogP contribution in [0.25, 0.3) is 0 Å². The van der Waals surface area contributed by atoms with Gasteiger partial charge in [-0.2, -0.15) is 0 Å². The molecule has 0 fully saturated rings. The molecule has 1 rings (SSSR count). The number of alkyl carbamates (subject to hydrolysis) is 1. The molecule has 0 heterocycles. The highest BCUT2D eigenvalue weighted by molar-refractivity contribution is 5.86. The van der Waals surface area contributed by atoms with E-state index in [1.54, 1.807) is 13.0 Å². The van der Waals surface area contributed by atoms with Crippen LogP contribution in [-0.2, 0) is 16.1 Å². The molecule has 0 spiro atoms. The molecule has 0 aliphatic rings. The lowest BCUT2D eigenvalue weighted by molar-refractivity contribution is -0.120. The Morgan fingerprint density at radius 2 is 2.05 bits per heavy atom. The van der Waals surface area contributed by atoms with Crippen LogP contribution in [0.4, 0.5) is 4.79 Å². The van der Waals surface area contributed by atoms with Crippen LogP contribution in [0.15, 0.2) is 43.0 Å². The molecular formula is C16H21NO3. The van der Waals surface area contributed by atoms with Crippen molar-refractivity contribution in [1.29, 1.82) is 0 Å². The van der Waals surface area contributed by atoms with E-state index in [0.717, 1.165) is 18.4 Å². The minimum atomic E-state index is -0.571. The summed E-state index contributed by atoms with van der Waals surface area (Å²) in [6.07, 6.45) is 3.20. The van der Waals surface area contributed by atoms with Gasteiger partial charge >= 0.3 is 6.09 Å². The fourth-order valence-electron chi connectivity index (χ4n) is 1.66. The van der Waals surface area contributed by atoms with Crippen molar-refractivity contribution in [3.63, 3.8) is 0 Å². The third-order valence-corrected chi connectivity index (χ3v) is 2.86. The van der Waals surface area contributed by atoms with Crippen LogP contribution in [-0.4, -0.2) is 17.9 Å². The number of carbonyl (C=O) groups excluding carboxylic acids is 2. The number of hydrogen-bond acceptors (Lipinski definition) is 3. The third-order valence-electron chi connectivity index (χ3n) is 2.86. The molecule has 0 saturated carbocycles. The van der Waals surface area contributed by atoms with Gasteiger partial charge in [-0.25, -0.2) is 4.79 Å². The highest BCUT2D eigenvalue weighted by atomic mass is 16.5. The van der Waals surface area contributed by atoms with E-state index in [4.69, 9.17) is 4.74 Å². The molecule has 1 amide bonds. The van der Waals surface area contributed by atoms with Gasteiger partial charge in [0.2, 0.25) is 0 Å². The maximum absolute atomic E-state index is 11.7. The highest BCUT2D eigenvalue weighted by Gasteiger charge is 2.15. The zero-order valence-corrected chi connectivity index (χ0v) is 11.8. The predicted octanol–water partition coefficient (Wildman–Crippen LogP) is 3.23. The van der Waals surface area contributed by atoms with E-state index >= 15 is 0 Å². The van der Waals surface area contributed by atoms with E-state index in [2.05, 4.69) is 11.9 Å². The summed E-state index contributed by atoms with van der Waals surface area (Å²) in [5.74, 6) is 0.00325. The van der Waals surface area contributed by atoms with E-state index in [1.165, 1.54) is 0 Å². The van der Waals surface area contributed by atoms with Gasteiger partial charge in [0.25, 0.3) is 0 Å². The van der Waals surface area contributed by atoms with Crippen LogP contribution in [0.1, 0.15) is 31.7 Å². The second-order valence-corrected chi connectivity index (χ2v) is 4.57. The predicted molar refractivity (Wildman–Crippen MR) is 78.3 cm³/mol. The third kappa shape index (κ3) is 6.18. The normalized spacial score (nSPS) is 11.4. The summed E-state index contributed by atoms with van der Waals surface area (Å²) in [7, 11) is 0. The van der Waals surface area contributed by atoms with Crippen LogP contribution >= 0.6 is 0 Å². The summed E-state index contributed by atoms with van der Waals surface area (Å²) in [6.45, 7) is 5.47. The van der Waals surface area contributed by atoms with Gasteiger partial charge in [-0.3, -0.25) is 4.79 Å². The Morgan fingerprint density at radius 3 is 2.70 bits per heavy atom. The Balaban J connectivity index is 2.27. The van der Waals surface area contributed by atoms with Crippen molar-refractivity contribution < 1.29 is 14.3 Å². The van der Waals surface area contributed by atoms with Gasteiger partial charge in [0, 0.05) is 6.42 Å². The van der Waals surface area contributed by atoms with Crippen molar-refractivity contribution in [3.05, 3.63) is 48.6 Å². The standard InChI is InChI=1S/C16H21NO3/c1-3-4-6-11-15(18)13(2)17-16(19)20-12-14-9-7-5-8-10-14/h3,5,7-10,13H,1,4,6,11-12H2,2H3,(H,17,19). The fraction of sp³-hybridized carbons (Fsp3) is 0.375. The molecule has 20 heavy (non-hydrogen) atoms. The molecule has 0 aliphatic carbocycles. The maximum atomic E-state index is 11.7. The number of unbranched alkanes of at least 4 members (excludes halogenated alkanes) is 1. The topological polar surface area (TPSA) is 55.4 Å². The van der Waals surface area contributed by atoms with Gasteiger partial charge in [-0.1, -0.05) is 36.4 Å². The highest BCUT2D eigenvalue weighted by Crippen LogP contribution is 2.03. The van der Waals surface area contributed by atoms with E-state index in [1.807, 2.05) is 30.3 Å². The quantitative estimate of drug-likeness (QED) is 0.585. The summed E-state index contributed by atoms with van der Waals surface area (Å²) >= 11 is 0. The van der Waals surface area contributed by atoms with Gasteiger partial charge in [-0.15, -0.1) is 6.58 Å². The number of hydrogen-bond donors (Lipinski definition) is 1. The second-order valence-electron chi connectivity index (χ2n) is 4.57. The van der Waals surface area contributed by atoms with E-state index in [0.29, 0.717) is 6.42 Å². The fourth-order valence-corrected chi connectivity index (χ4v) is 1.66. The van der Waals surface area contributed by atoms with Crippen LogP contribution in [0.3, 0.4) is 0 Å². The minimum Gasteiger partial charge on any atom is -0.445 e. The Hall–Kier alpha value is -2.10. The Bertz CT molecular complexity index is 442. The number of allylic oxidation sites excluding steroid dienone is 1. The largest absolute Gasteiger partial charge is 0.445 e. The van der Waals surface area contributed by atoms with Crippen LogP contribution in [0.5, 0.6) is 0 Å². The van der Waals surface area contributed by atoms with Crippen LogP contribution in [0, 0.1) is 0 Å². The molecule has 0 saturated heterocycles. The maximum Gasteiger partial charge on any atom is 0.408 e. The summed E-state index contributed by atoms with van der Waals surface area (Å²) in [5.41, 5.74) is 0.910. The molecule has 1 aromatic carbocycles. The Labute approximate surface area is 119 Å². The smallest absolute Gasteiger partial charge is 0.408 e. The monoisotopic (exact) mass is 275 g/mol. The van der Waals surface area contributed by atoms with Crippen molar-refractivity contribution in [2.75, 3.05) is 0 Å². The lowest BCUT2D eigenvalue weighted by Crippen LogP contribution is -2.38. The average molecular weight is 275 g/mol. The van der Waals surface area contributed by atoms with Crippen LogP contribution < -0.4 is 5.32 Å². The molecule has 0 aromatic heterocycles. The molecule has 4 heteroatoms. The first-order valence-electron chi connectivity index (χ1n) is 6.74. The minimum absolute atomic E-state index is 0.00325. The zero-order chi connectivity index (χ0) is 14.8. The lowest BCUT2D eigenvalue weighted by atomic mass is 10.1. The molecule has 108 valence electrons. The van der Waals surface area contributed by atoms with E-state index in [9.17, 15) is 9.59 Å². The van der Waals surface area contributed by atoms with Crippen molar-refractivity contribution in [1.82, 2.24) is 5.32 Å². The SMILES string of the molecule is C=CCCCC(=O)C(C)NC(=O)OCc1ccccc1. The zero-order valence-electron chi connectivity index (χ0n) is 11.8. The van der Waals surface area contributed by atoms with Gasteiger partial charge in [0.1, 0.15) is 6.61 Å². The molecule has 4 nitrogen and oxygen atoms in total. The lowest BCUT2D eigenvalue weighted by Gasteiger charge is -2.13. The first-order valence-corrected chi connectivity index (χ1v) is 6.74. The molecule has 1 atom stereocenters. The first kappa shape index (κ1) is 16.0. The second kappa shape index (κ2) is 8.91. The van der Waals surface area contributed by atoms with Crippen molar-refractivity contribution >= 4 is 11.9 Å². The summed E-state index contributed by atoms with van der Waals surface area (Å²) in [5, 5.41) is 2.54. The average Bonchev–Trinajstić information content (AvgIpc) is 2.46. The number of nitrogens with one attached hydrogen (secondary N) is 1. The summed E-state index contributed by atoms with van der Waals surface area (Å²) < 4.78 is 5.06. The number of rotatable bonds is 8. The number of carbonyl (C=O) groups is 2. The van der Waals surface area contributed by atoms with Crippen molar-refractivity contribution in [2.24, 2.45) is 0 Å². The van der Waals surface area contributed by atoms with Crippen molar-refractivity contribution in [3.8, 4) is 0 Å². The number of ketones is 1. The van der Waals surface area contributed by atoms with Gasteiger partial charge in [0.05, 0.1) is 6.04 Å². The molecule has 1 aromatic rings. The van der Waals surface area contributed by atoms with Gasteiger partial charge in [0.15, 0.2) is 5.78 Å². The summed E-state index contributed by atoms with van der Waals surface area (Å²) in [4.78, 5) is 23.3. The Morgan fingerprint density at radius 1 is 1.35 bits per heavy atom. The van der Waals surface area contributed by atoms with Gasteiger partial charge in [-0.05, 0) is 25.3 Å². The molecular weight excluding hydrogens is 254 g/mol. The van der Waals surface area contributed by atoms with Gasteiger partial charge < -0.3 is 10.1 Å². The first-order chi connectivity index (χ1) is 9.63. The number of Topliss-reactive ketones (excluding diaryl/α,β-unsaturated/α-hetero) is 1. The number of amides is 1. The number of benzene rings is 1. The molecule has 0 bridgehead atoms. The van der Waals surface area contributed by atoms with Crippen LogP contribution in [0.2, 0.25) is 0 Å². The van der Waals surface area contributed by atoms with E-state index in [-0.39, 0.29) is 12.4 Å². The Kier molecular flexibility index (Phi) is 7.11. The molecule has 1 N–H and O–H groups in total. The van der Waals surface area contributed by atoms with E-state index < -0.39 is 12.1 Å². The van der Waals surface area contributed by atoms with Crippen molar-refractivity contribution in [2.45, 2.75) is 38.8 Å². The molecule has 1 unspecified atom stereocenters. The molecule has 0 radical (unpaired) electrons.